The number of benzene rings is 1. The lowest BCUT2D eigenvalue weighted by Crippen LogP contribution is -1.99. The van der Waals surface area contributed by atoms with Gasteiger partial charge >= 0.3 is 7.60 Å². The molecule has 0 radical (unpaired) electrons. The van der Waals surface area contributed by atoms with E-state index in [1.165, 1.54) is 0 Å². The first-order chi connectivity index (χ1) is 10.5. The molecule has 1 aromatic rings. The molecule has 1 rings (SSSR count). The Kier molecular flexibility index (Phi) is 8.43. The third-order valence-corrected chi connectivity index (χ3v) is 4.73. The van der Waals surface area contributed by atoms with Gasteiger partial charge in [0.15, 0.2) is 0 Å². The molecule has 7 heteroatoms. The van der Waals surface area contributed by atoms with Gasteiger partial charge in [0.1, 0.15) is 12.4 Å². The van der Waals surface area contributed by atoms with E-state index in [1.54, 1.807) is 50.3 Å². The van der Waals surface area contributed by atoms with E-state index in [0.717, 1.165) is 0 Å². The van der Waals surface area contributed by atoms with Crippen molar-refractivity contribution in [3.05, 3.63) is 42.0 Å². The number of hydrogen-bond donors (Lipinski definition) is 0. The van der Waals surface area contributed by atoms with Crippen LogP contribution in [0.5, 0.6) is 5.75 Å². The summed E-state index contributed by atoms with van der Waals surface area (Å²) >= 11 is 5.40. The SMILES string of the molecule is CCOP(=O)(C/C=C/COc1cccc(C(=O)Cl)c1)OCC. The number of halogens is 1. The van der Waals surface area contributed by atoms with E-state index in [0.29, 0.717) is 24.5 Å². The molecule has 0 atom stereocenters. The number of rotatable bonds is 10. The molecule has 0 aliphatic heterocycles. The summed E-state index contributed by atoms with van der Waals surface area (Å²) < 4.78 is 28.0. The molecule has 0 bridgehead atoms. The molecule has 1 aromatic carbocycles. The zero-order valence-electron chi connectivity index (χ0n) is 12.7. The van der Waals surface area contributed by atoms with Crippen LogP contribution in [0.1, 0.15) is 24.2 Å². The molecule has 122 valence electrons. The predicted octanol–water partition coefficient (Wildman–Crippen LogP) is 4.27. The van der Waals surface area contributed by atoms with Crippen molar-refractivity contribution in [3.8, 4) is 5.75 Å². The Hall–Kier alpha value is -1.13. The van der Waals surface area contributed by atoms with Gasteiger partial charge in [0.2, 0.25) is 0 Å². The molecule has 0 N–H and O–H groups in total. The lowest BCUT2D eigenvalue weighted by Gasteiger charge is -2.14. The van der Waals surface area contributed by atoms with Crippen LogP contribution in [-0.4, -0.2) is 31.2 Å². The second kappa shape index (κ2) is 9.80. The highest BCUT2D eigenvalue weighted by Crippen LogP contribution is 2.47. The average molecular weight is 347 g/mol. The predicted molar refractivity (Wildman–Crippen MR) is 87.0 cm³/mol. The van der Waals surface area contributed by atoms with Crippen LogP contribution < -0.4 is 4.74 Å². The smallest absolute Gasteiger partial charge is 0.334 e. The van der Waals surface area contributed by atoms with Crippen molar-refractivity contribution in [2.45, 2.75) is 13.8 Å². The fourth-order valence-corrected chi connectivity index (χ4v) is 3.26. The molecule has 0 saturated heterocycles. The molecule has 0 amide bonds. The molecule has 0 heterocycles. The molecule has 0 fully saturated rings. The zero-order valence-corrected chi connectivity index (χ0v) is 14.3. The Bertz CT molecular complexity index is 549. The standard InChI is InChI=1S/C15H20ClO5P/c1-3-20-22(18,21-4-2)11-6-5-10-19-14-9-7-8-13(12-14)15(16)17/h5-9,12H,3-4,10-11H2,1-2H3/b6-5+. The van der Waals surface area contributed by atoms with Crippen molar-refractivity contribution in [1.29, 1.82) is 0 Å². The molecule has 5 nitrogen and oxygen atoms in total. The van der Waals surface area contributed by atoms with E-state index in [9.17, 15) is 9.36 Å². The molecule has 0 spiro atoms. The van der Waals surface area contributed by atoms with Crippen molar-refractivity contribution in [1.82, 2.24) is 0 Å². The van der Waals surface area contributed by atoms with Crippen LogP contribution in [0.4, 0.5) is 0 Å². The summed E-state index contributed by atoms with van der Waals surface area (Å²) in [7, 11) is -3.06. The fraction of sp³-hybridized carbons (Fsp3) is 0.400. The first kappa shape index (κ1) is 18.9. The van der Waals surface area contributed by atoms with Gasteiger partial charge in [-0.2, -0.15) is 0 Å². The van der Waals surface area contributed by atoms with Crippen molar-refractivity contribution in [2.75, 3.05) is 26.0 Å². The van der Waals surface area contributed by atoms with Gasteiger partial charge in [0.05, 0.1) is 19.4 Å². The van der Waals surface area contributed by atoms with Gasteiger partial charge < -0.3 is 13.8 Å². The van der Waals surface area contributed by atoms with Crippen LogP contribution >= 0.6 is 19.2 Å². The van der Waals surface area contributed by atoms with Crippen LogP contribution in [0.15, 0.2) is 36.4 Å². The van der Waals surface area contributed by atoms with E-state index in [4.69, 9.17) is 25.4 Å². The Balaban J connectivity index is 2.47. The highest BCUT2D eigenvalue weighted by atomic mass is 35.5. The van der Waals surface area contributed by atoms with Crippen molar-refractivity contribution in [3.63, 3.8) is 0 Å². The van der Waals surface area contributed by atoms with Gasteiger partial charge in [-0.1, -0.05) is 18.2 Å². The Morgan fingerprint density at radius 2 is 1.91 bits per heavy atom. The molecular formula is C15H20ClO5P. The largest absolute Gasteiger partial charge is 0.490 e. The zero-order chi connectivity index (χ0) is 16.4. The van der Waals surface area contributed by atoms with Crippen LogP contribution in [0.3, 0.4) is 0 Å². The van der Waals surface area contributed by atoms with Gasteiger partial charge in [-0.05, 0) is 43.6 Å². The molecule has 22 heavy (non-hydrogen) atoms. The highest BCUT2D eigenvalue weighted by Gasteiger charge is 2.20. The summed E-state index contributed by atoms with van der Waals surface area (Å²) in [5.74, 6) is 0.536. The monoisotopic (exact) mass is 346 g/mol. The highest BCUT2D eigenvalue weighted by molar-refractivity contribution is 7.54. The van der Waals surface area contributed by atoms with E-state index >= 15 is 0 Å². The van der Waals surface area contributed by atoms with Crippen LogP contribution in [0.25, 0.3) is 0 Å². The molecule has 0 saturated carbocycles. The summed E-state index contributed by atoms with van der Waals surface area (Å²) in [6, 6.07) is 6.59. The topological polar surface area (TPSA) is 61.8 Å². The second-order valence-electron chi connectivity index (χ2n) is 4.21. The van der Waals surface area contributed by atoms with Crippen LogP contribution in [0.2, 0.25) is 0 Å². The number of carbonyl (C=O) groups excluding carboxylic acids is 1. The number of ether oxygens (including phenoxy) is 1. The van der Waals surface area contributed by atoms with Crippen LogP contribution in [-0.2, 0) is 13.6 Å². The maximum atomic E-state index is 12.2. The van der Waals surface area contributed by atoms with Gasteiger partial charge in [-0.25, -0.2) is 0 Å². The summed E-state index contributed by atoms with van der Waals surface area (Å²) in [5.41, 5.74) is 0.375. The molecule has 0 aromatic heterocycles. The Morgan fingerprint density at radius 1 is 1.23 bits per heavy atom. The van der Waals surface area contributed by atoms with E-state index in [1.807, 2.05) is 0 Å². The minimum Gasteiger partial charge on any atom is -0.490 e. The summed E-state index contributed by atoms with van der Waals surface area (Å²) in [6.45, 7) is 4.48. The lowest BCUT2D eigenvalue weighted by atomic mass is 10.2. The third-order valence-electron chi connectivity index (χ3n) is 2.55. The van der Waals surface area contributed by atoms with E-state index in [2.05, 4.69) is 0 Å². The first-order valence-corrected chi connectivity index (χ1v) is 9.07. The molecule has 0 aliphatic carbocycles. The van der Waals surface area contributed by atoms with Gasteiger partial charge in [0, 0.05) is 5.56 Å². The van der Waals surface area contributed by atoms with E-state index in [-0.39, 0.29) is 12.8 Å². The minimum absolute atomic E-state index is 0.193. The number of allylic oxidation sites excluding steroid dienone is 1. The van der Waals surface area contributed by atoms with Crippen molar-refractivity contribution < 1.29 is 23.1 Å². The minimum atomic E-state index is -3.06. The van der Waals surface area contributed by atoms with Gasteiger partial charge in [-0.3, -0.25) is 9.36 Å². The molecule has 0 aliphatic rings. The molecular weight excluding hydrogens is 327 g/mol. The fourth-order valence-electron chi connectivity index (χ4n) is 1.66. The van der Waals surface area contributed by atoms with Crippen molar-refractivity contribution >= 4 is 24.4 Å². The van der Waals surface area contributed by atoms with Gasteiger partial charge in [0.25, 0.3) is 5.24 Å². The maximum absolute atomic E-state index is 12.2. The summed E-state index contributed by atoms with van der Waals surface area (Å²) in [4.78, 5) is 11.0. The van der Waals surface area contributed by atoms with Crippen LogP contribution in [0, 0.1) is 0 Å². The second-order valence-corrected chi connectivity index (χ2v) is 6.66. The average Bonchev–Trinajstić information content (AvgIpc) is 2.47. The quantitative estimate of drug-likeness (QED) is 0.360. The Morgan fingerprint density at radius 3 is 2.50 bits per heavy atom. The lowest BCUT2D eigenvalue weighted by molar-refractivity contribution is 0.108. The summed E-state index contributed by atoms with van der Waals surface area (Å²) in [5, 5.41) is -0.532. The number of hydrogen-bond acceptors (Lipinski definition) is 5. The van der Waals surface area contributed by atoms with Crippen molar-refractivity contribution in [2.24, 2.45) is 0 Å². The third kappa shape index (κ3) is 6.75. The van der Waals surface area contributed by atoms with Gasteiger partial charge in [-0.15, -0.1) is 0 Å². The summed E-state index contributed by atoms with van der Waals surface area (Å²) in [6.07, 6.45) is 3.61. The first-order valence-electron chi connectivity index (χ1n) is 6.96. The van der Waals surface area contributed by atoms with E-state index < -0.39 is 12.8 Å². The number of carbonyl (C=O) groups is 1. The Labute approximate surface area is 135 Å². The normalized spacial score (nSPS) is 11.8. The molecule has 0 unspecified atom stereocenters. The maximum Gasteiger partial charge on any atom is 0.334 e.